The molecule has 25 heavy (non-hydrogen) atoms. The van der Waals surface area contributed by atoms with E-state index in [2.05, 4.69) is 20.8 Å². The molecule has 1 amide bonds. The number of anilines is 3. The van der Waals surface area contributed by atoms with Crippen molar-refractivity contribution in [2.45, 2.75) is 0 Å². The second kappa shape index (κ2) is 7.63. The van der Waals surface area contributed by atoms with Gasteiger partial charge < -0.3 is 15.4 Å². The summed E-state index contributed by atoms with van der Waals surface area (Å²) in [6.45, 7) is 0. The molecule has 7 heteroatoms. The normalized spacial score (nSPS) is 10.2. The average Bonchev–Trinajstić information content (AvgIpc) is 2.63. The molecular weight excluding hydrogens is 340 g/mol. The second-order valence-electron chi connectivity index (χ2n) is 5.12. The van der Waals surface area contributed by atoms with Gasteiger partial charge >= 0.3 is 0 Å². The quantitative estimate of drug-likeness (QED) is 0.720. The van der Waals surface area contributed by atoms with Gasteiger partial charge in [0.2, 0.25) is 0 Å². The number of ether oxygens (including phenoxy) is 1. The number of nitrogens with one attached hydrogen (secondary N) is 2. The van der Waals surface area contributed by atoms with Crippen LogP contribution in [0.1, 0.15) is 10.5 Å². The number of hydrogen-bond donors (Lipinski definition) is 2. The minimum Gasteiger partial charge on any atom is -0.497 e. The second-order valence-corrected chi connectivity index (χ2v) is 5.56. The van der Waals surface area contributed by atoms with Gasteiger partial charge in [-0.05, 0) is 54.6 Å². The van der Waals surface area contributed by atoms with Crippen LogP contribution in [0.3, 0.4) is 0 Å². The molecule has 0 fully saturated rings. The van der Waals surface area contributed by atoms with E-state index in [1.165, 1.54) is 0 Å². The minimum absolute atomic E-state index is 0.215. The van der Waals surface area contributed by atoms with E-state index in [1.54, 1.807) is 55.6 Å². The summed E-state index contributed by atoms with van der Waals surface area (Å²) < 4.78 is 5.08. The van der Waals surface area contributed by atoms with Crippen LogP contribution >= 0.6 is 11.6 Å². The van der Waals surface area contributed by atoms with Crippen molar-refractivity contribution in [3.8, 4) is 5.75 Å². The van der Waals surface area contributed by atoms with Crippen molar-refractivity contribution in [2.24, 2.45) is 0 Å². The Bertz CT molecular complexity index is 867. The fraction of sp³-hybridized carbons (Fsp3) is 0.0556. The number of rotatable bonds is 5. The van der Waals surface area contributed by atoms with Crippen LogP contribution in [0.4, 0.5) is 17.2 Å². The van der Waals surface area contributed by atoms with Gasteiger partial charge in [0.25, 0.3) is 5.91 Å². The first kappa shape index (κ1) is 16.7. The van der Waals surface area contributed by atoms with Gasteiger partial charge in [-0.25, -0.2) is 0 Å². The van der Waals surface area contributed by atoms with E-state index in [1.807, 2.05) is 12.1 Å². The van der Waals surface area contributed by atoms with Gasteiger partial charge in [-0.2, -0.15) is 0 Å². The topological polar surface area (TPSA) is 76.1 Å². The zero-order chi connectivity index (χ0) is 17.6. The molecule has 0 radical (unpaired) electrons. The molecule has 0 atom stereocenters. The Morgan fingerprint density at radius 3 is 2.44 bits per heavy atom. The Morgan fingerprint density at radius 2 is 1.80 bits per heavy atom. The van der Waals surface area contributed by atoms with E-state index in [0.29, 0.717) is 22.3 Å². The first-order valence-electron chi connectivity index (χ1n) is 7.46. The largest absolute Gasteiger partial charge is 0.497 e. The van der Waals surface area contributed by atoms with E-state index in [-0.39, 0.29) is 11.6 Å². The summed E-state index contributed by atoms with van der Waals surface area (Å²) in [4.78, 5) is 12.2. The Labute approximate surface area is 149 Å². The molecule has 2 N–H and O–H groups in total. The minimum atomic E-state index is -0.341. The third-order valence-electron chi connectivity index (χ3n) is 3.34. The molecule has 0 aliphatic heterocycles. The molecular formula is C18H15ClN4O2. The van der Waals surface area contributed by atoms with Gasteiger partial charge in [-0.15, -0.1) is 10.2 Å². The molecule has 1 heterocycles. The van der Waals surface area contributed by atoms with Crippen molar-refractivity contribution in [3.05, 3.63) is 71.4 Å². The summed E-state index contributed by atoms with van der Waals surface area (Å²) in [5, 5.41) is 14.4. The van der Waals surface area contributed by atoms with Crippen LogP contribution in [0, 0.1) is 0 Å². The van der Waals surface area contributed by atoms with Gasteiger partial charge in [0.1, 0.15) is 5.75 Å². The maximum absolute atomic E-state index is 12.2. The van der Waals surface area contributed by atoms with E-state index < -0.39 is 0 Å². The number of halogens is 1. The highest BCUT2D eigenvalue weighted by Crippen LogP contribution is 2.19. The molecule has 0 saturated heterocycles. The summed E-state index contributed by atoms with van der Waals surface area (Å²) in [7, 11) is 1.59. The molecule has 0 unspecified atom stereocenters. The smallest absolute Gasteiger partial charge is 0.276 e. The first-order valence-corrected chi connectivity index (χ1v) is 7.83. The molecule has 0 aliphatic rings. The lowest BCUT2D eigenvalue weighted by atomic mass is 10.3. The number of hydrogen-bond acceptors (Lipinski definition) is 5. The lowest BCUT2D eigenvalue weighted by molar-refractivity contribution is 0.102. The highest BCUT2D eigenvalue weighted by molar-refractivity contribution is 6.30. The van der Waals surface area contributed by atoms with E-state index >= 15 is 0 Å². The van der Waals surface area contributed by atoms with Crippen LogP contribution in [-0.4, -0.2) is 23.2 Å². The van der Waals surface area contributed by atoms with Gasteiger partial charge in [0.15, 0.2) is 11.5 Å². The maximum Gasteiger partial charge on any atom is 0.276 e. The van der Waals surface area contributed by atoms with E-state index in [0.717, 1.165) is 5.69 Å². The Morgan fingerprint density at radius 1 is 1.00 bits per heavy atom. The van der Waals surface area contributed by atoms with Crippen molar-refractivity contribution in [2.75, 3.05) is 17.7 Å². The molecule has 2 aromatic carbocycles. The fourth-order valence-corrected chi connectivity index (χ4v) is 2.29. The Balaban J connectivity index is 1.65. The summed E-state index contributed by atoms with van der Waals surface area (Å²) in [6, 6.07) is 17.5. The van der Waals surface area contributed by atoms with Gasteiger partial charge in [-0.3, -0.25) is 4.79 Å². The van der Waals surface area contributed by atoms with Gasteiger partial charge in [-0.1, -0.05) is 17.7 Å². The molecule has 1 aromatic heterocycles. The number of aromatic nitrogens is 2. The molecule has 0 bridgehead atoms. The highest BCUT2D eigenvalue weighted by atomic mass is 35.5. The molecule has 0 saturated carbocycles. The van der Waals surface area contributed by atoms with Crippen molar-refractivity contribution >= 4 is 34.7 Å². The van der Waals surface area contributed by atoms with Crippen LogP contribution in [0.5, 0.6) is 5.75 Å². The zero-order valence-corrected chi connectivity index (χ0v) is 14.1. The molecule has 126 valence electrons. The van der Waals surface area contributed by atoms with Crippen molar-refractivity contribution in [1.29, 1.82) is 0 Å². The first-order chi connectivity index (χ1) is 12.1. The third kappa shape index (κ3) is 4.45. The van der Waals surface area contributed by atoms with Crippen LogP contribution in [0.15, 0.2) is 60.7 Å². The summed E-state index contributed by atoms with van der Waals surface area (Å²) in [6.07, 6.45) is 0. The van der Waals surface area contributed by atoms with Gasteiger partial charge in [0.05, 0.1) is 7.11 Å². The number of methoxy groups -OCH3 is 1. The SMILES string of the molecule is COc1ccc(NC(=O)c2ccc(Nc3cccc(Cl)c3)nn2)cc1. The maximum atomic E-state index is 12.2. The highest BCUT2D eigenvalue weighted by Gasteiger charge is 2.09. The summed E-state index contributed by atoms with van der Waals surface area (Å²) in [5.41, 5.74) is 1.65. The molecule has 0 spiro atoms. The predicted molar refractivity (Wildman–Crippen MR) is 97.7 cm³/mol. The molecule has 3 aromatic rings. The van der Waals surface area contributed by atoms with Crippen molar-refractivity contribution in [3.63, 3.8) is 0 Å². The number of amides is 1. The predicted octanol–water partition coefficient (Wildman–Crippen LogP) is 4.13. The Kier molecular flexibility index (Phi) is 5.11. The van der Waals surface area contributed by atoms with E-state index in [4.69, 9.17) is 16.3 Å². The number of carbonyl (C=O) groups is 1. The van der Waals surface area contributed by atoms with Crippen molar-refractivity contribution in [1.82, 2.24) is 10.2 Å². The third-order valence-corrected chi connectivity index (χ3v) is 3.58. The van der Waals surface area contributed by atoms with Crippen LogP contribution in [0.2, 0.25) is 5.02 Å². The molecule has 6 nitrogen and oxygen atoms in total. The monoisotopic (exact) mass is 354 g/mol. The number of carbonyl (C=O) groups excluding carboxylic acids is 1. The fourth-order valence-electron chi connectivity index (χ4n) is 2.10. The van der Waals surface area contributed by atoms with E-state index in [9.17, 15) is 4.79 Å². The zero-order valence-electron chi connectivity index (χ0n) is 13.4. The lowest BCUT2D eigenvalue weighted by Crippen LogP contribution is -2.14. The number of benzene rings is 2. The van der Waals surface area contributed by atoms with Crippen LogP contribution in [0.25, 0.3) is 0 Å². The summed E-state index contributed by atoms with van der Waals surface area (Å²) in [5.74, 6) is 0.893. The molecule has 0 aliphatic carbocycles. The standard InChI is InChI=1S/C18H15ClN4O2/c1-25-15-7-5-13(6-8-15)21-18(24)16-9-10-17(23-22-16)20-14-4-2-3-12(19)11-14/h2-11H,1H3,(H,20,23)(H,21,24). The van der Waals surface area contributed by atoms with Crippen LogP contribution in [-0.2, 0) is 0 Å². The molecule has 3 rings (SSSR count). The lowest BCUT2D eigenvalue weighted by Gasteiger charge is -2.07. The van der Waals surface area contributed by atoms with Crippen molar-refractivity contribution < 1.29 is 9.53 Å². The summed E-state index contributed by atoms with van der Waals surface area (Å²) >= 11 is 5.94. The Hall–Kier alpha value is -3.12. The number of nitrogens with zero attached hydrogens (tertiary/aromatic N) is 2. The average molecular weight is 355 g/mol. The van der Waals surface area contributed by atoms with Gasteiger partial charge in [0, 0.05) is 16.4 Å². The van der Waals surface area contributed by atoms with Crippen LogP contribution < -0.4 is 15.4 Å².